The molecule has 1 aliphatic carbocycles. The van der Waals surface area contributed by atoms with Crippen LogP contribution in [0.1, 0.15) is 77.0 Å². The summed E-state index contributed by atoms with van der Waals surface area (Å²) in [6.07, 6.45) is 19.7. The van der Waals surface area contributed by atoms with Crippen molar-refractivity contribution in [3.63, 3.8) is 0 Å². The standard InChI is InChI=1S/C34H52N8O6.2F6P/c1-39-15-17-41(23-39)13-7-5-11-31(43)47-25-19-29(35-21-25)33(45)37-27-9-3-4-10-28(27)38-34(46)30-20-26(22-36-30)48-32(44)12-6-8-14-42-18-16-40(2)24-42;2*1-7(2,3,4,5)6/h15-18,23-30,35-36H,3-14,19-22H2,1-2H3;;/q;2*-1/p+2/t25-,26-,27-,28-,29+,30+;;/m1../s1. The van der Waals surface area contributed by atoms with Crippen LogP contribution in [0.25, 0.3) is 0 Å². The number of aromatic nitrogens is 4. The molecule has 4 N–H and O–H groups in total. The third-order valence-electron chi connectivity index (χ3n) is 9.57. The van der Waals surface area contributed by atoms with Crippen LogP contribution in [-0.4, -0.2) is 82.4 Å². The number of halogens is 12. The van der Waals surface area contributed by atoms with Crippen LogP contribution in [0.4, 0.5) is 50.4 Å². The topological polar surface area (TPSA) is 152 Å². The van der Waals surface area contributed by atoms with Crippen molar-refractivity contribution < 1.29 is 88.1 Å². The molecule has 0 unspecified atom stereocenters. The molecule has 2 aromatic rings. The van der Waals surface area contributed by atoms with Crippen LogP contribution in [0.5, 0.6) is 0 Å². The van der Waals surface area contributed by atoms with E-state index in [1.165, 1.54) is 0 Å². The number of aryl methyl sites for hydroxylation is 4. The molecule has 62 heavy (non-hydrogen) atoms. The molecule has 2 aromatic heterocycles. The Balaban J connectivity index is 0.000000629. The molecule has 28 heteroatoms. The summed E-state index contributed by atoms with van der Waals surface area (Å²) in [5.74, 6) is -0.723. The van der Waals surface area contributed by atoms with E-state index in [2.05, 4.69) is 30.4 Å². The molecular formula is C34H54F12N8O6P2. The van der Waals surface area contributed by atoms with Crippen LogP contribution in [0.3, 0.4) is 0 Å². The van der Waals surface area contributed by atoms with Gasteiger partial charge in [-0.3, -0.25) is 19.2 Å². The normalized spacial score (nSPS) is 24.9. The number of nitrogens with zero attached hydrogens (tertiary/aromatic N) is 4. The molecule has 0 spiro atoms. The Morgan fingerprint density at radius 1 is 0.613 bits per heavy atom. The number of hydrogen-bond acceptors (Lipinski definition) is 8. The van der Waals surface area contributed by atoms with Gasteiger partial charge in [0, 0.05) is 50.9 Å². The summed E-state index contributed by atoms with van der Waals surface area (Å²) in [5, 5.41) is 12.7. The van der Waals surface area contributed by atoms with Gasteiger partial charge in [0.25, 0.3) is 0 Å². The quantitative estimate of drug-likeness (QED) is 0.0470. The Morgan fingerprint density at radius 3 is 1.26 bits per heavy atom. The van der Waals surface area contributed by atoms with E-state index >= 15 is 0 Å². The summed E-state index contributed by atoms with van der Waals surface area (Å²) in [6.45, 7) is 2.60. The number of hydrogen-bond donors (Lipinski definition) is 4. The fourth-order valence-electron chi connectivity index (χ4n) is 6.91. The molecule has 2 amide bonds. The van der Waals surface area contributed by atoms with Gasteiger partial charge in [-0.05, 0) is 38.5 Å². The third kappa shape index (κ3) is 26.0. The van der Waals surface area contributed by atoms with Gasteiger partial charge < -0.3 is 30.7 Å². The summed E-state index contributed by atoms with van der Waals surface area (Å²) >= 11 is 0. The Bertz CT molecular complexity index is 1680. The van der Waals surface area contributed by atoms with Gasteiger partial charge in [0.1, 0.15) is 37.0 Å². The Hall–Kier alpha value is -3.76. The zero-order valence-electron chi connectivity index (χ0n) is 33.9. The number of unbranched alkanes of at least 4 members (excludes halogenated alkanes) is 2. The Labute approximate surface area is 348 Å². The molecule has 14 nitrogen and oxygen atoms in total. The summed E-state index contributed by atoms with van der Waals surface area (Å²) in [6, 6.07) is -1.24. The van der Waals surface area contributed by atoms with Crippen LogP contribution in [0.15, 0.2) is 37.4 Å². The van der Waals surface area contributed by atoms with E-state index in [4.69, 9.17) is 9.47 Å². The van der Waals surface area contributed by atoms with E-state index in [0.29, 0.717) is 38.8 Å². The first kappa shape index (κ1) is 52.6. The van der Waals surface area contributed by atoms with Gasteiger partial charge in [0.05, 0.1) is 39.3 Å². The van der Waals surface area contributed by atoms with Crippen molar-refractivity contribution in [2.45, 2.75) is 127 Å². The first-order valence-electron chi connectivity index (χ1n) is 19.7. The van der Waals surface area contributed by atoms with E-state index in [-0.39, 0.29) is 48.0 Å². The monoisotopic (exact) mass is 960 g/mol. The fourth-order valence-corrected chi connectivity index (χ4v) is 6.91. The molecular weight excluding hydrogens is 906 g/mol. The van der Waals surface area contributed by atoms with Crippen LogP contribution in [-0.2, 0) is 55.8 Å². The summed E-state index contributed by atoms with van der Waals surface area (Å²) in [5.41, 5.74) is 0. The van der Waals surface area contributed by atoms with E-state index in [0.717, 1.165) is 64.5 Å². The maximum atomic E-state index is 13.2. The molecule has 0 radical (unpaired) electrons. The summed E-state index contributed by atoms with van der Waals surface area (Å²) in [4.78, 5) is 51.2. The van der Waals surface area contributed by atoms with Gasteiger partial charge in [-0.15, -0.1) is 0 Å². The Kier molecular flexibility index (Phi) is 16.6. The van der Waals surface area contributed by atoms with Gasteiger partial charge >= 0.3 is 77.9 Å². The van der Waals surface area contributed by atoms with Crippen LogP contribution in [0, 0.1) is 0 Å². The molecule has 2 saturated heterocycles. The van der Waals surface area contributed by atoms with Crippen molar-refractivity contribution in [3.05, 3.63) is 37.4 Å². The molecule has 2 aliphatic heterocycles. The first-order chi connectivity index (χ1) is 28.1. The molecule has 3 fully saturated rings. The number of carbonyl (C=O) groups is 4. The third-order valence-corrected chi connectivity index (χ3v) is 9.57. The number of carbonyl (C=O) groups excluding carboxylic acids is 4. The van der Waals surface area contributed by atoms with E-state index in [1.54, 1.807) is 0 Å². The van der Waals surface area contributed by atoms with Crippen molar-refractivity contribution in [2.75, 3.05) is 13.1 Å². The van der Waals surface area contributed by atoms with Crippen LogP contribution < -0.4 is 30.4 Å². The molecule has 3 aliphatic rings. The van der Waals surface area contributed by atoms with Gasteiger partial charge in [-0.25, -0.2) is 18.3 Å². The number of esters is 2. The number of ether oxygens (including phenoxy) is 2. The number of rotatable bonds is 16. The number of amides is 2. The second-order valence-electron chi connectivity index (χ2n) is 15.6. The summed E-state index contributed by atoms with van der Waals surface area (Å²) < 4.78 is 138. The SMILES string of the molecule is C[n+]1ccn(CCCCC(=O)O[C@H]2CN[C@H](C(=O)N[C@@H]3CCCC[C@H]3NC(=O)[C@@H]3C[C@@H](OC(=O)CCCCn4cc[n+](C)c4)CN3)C2)c1.F[P-](F)(F)(F)(F)F.F[P-](F)(F)(F)(F)F. The fraction of sp³-hybridized carbons (Fsp3) is 0.706. The van der Waals surface area contributed by atoms with Crippen molar-refractivity contribution in [1.82, 2.24) is 30.4 Å². The van der Waals surface area contributed by atoms with E-state index in [1.807, 2.05) is 60.7 Å². The first-order valence-corrected chi connectivity index (χ1v) is 23.8. The number of nitrogens with one attached hydrogen (secondary N) is 4. The Morgan fingerprint density at radius 2 is 0.952 bits per heavy atom. The molecule has 0 bridgehead atoms. The number of imidazole rings is 2. The van der Waals surface area contributed by atoms with Crippen LogP contribution >= 0.6 is 15.6 Å². The summed E-state index contributed by atoms with van der Waals surface area (Å²) in [7, 11) is -17.4. The second kappa shape index (κ2) is 19.5. The molecule has 360 valence electrons. The zero-order chi connectivity index (χ0) is 46.7. The van der Waals surface area contributed by atoms with Crippen molar-refractivity contribution in [2.24, 2.45) is 14.1 Å². The van der Waals surface area contributed by atoms with Gasteiger partial charge in [-0.1, -0.05) is 12.8 Å². The van der Waals surface area contributed by atoms with Gasteiger partial charge in [-0.2, -0.15) is 0 Å². The zero-order valence-corrected chi connectivity index (χ0v) is 35.7. The van der Waals surface area contributed by atoms with Crippen molar-refractivity contribution in [3.8, 4) is 0 Å². The average molecular weight is 961 g/mol. The average Bonchev–Trinajstić information content (AvgIpc) is 3.93. The van der Waals surface area contributed by atoms with Gasteiger partial charge in [0.15, 0.2) is 0 Å². The van der Waals surface area contributed by atoms with E-state index < -0.39 is 27.7 Å². The molecule has 0 aromatic carbocycles. The van der Waals surface area contributed by atoms with Crippen LogP contribution in [0.2, 0.25) is 0 Å². The van der Waals surface area contributed by atoms with Gasteiger partial charge in [0.2, 0.25) is 24.5 Å². The predicted molar refractivity (Wildman–Crippen MR) is 201 cm³/mol. The second-order valence-corrected chi connectivity index (χ2v) is 19.4. The maximum absolute atomic E-state index is 13.2. The molecule has 5 rings (SSSR count). The predicted octanol–water partition coefficient (Wildman–Crippen LogP) is 6.84. The molecule has 1 saturated carbocycles. The molecule has 6 atom stereocenters. The molecule has 4 heterocycles. The van der Waals surface area contributed by atoms with E-state index in [9.17, 15) is 69.5 Å². The minimum absolute atomic E-state index is 0.132. The van der Waals surface area contributed by atoms with Crippen molar-refractivity contribution in [1.29, 1.82) is 0 Å². The van der Waals surface area contributed by atoms with Crippen molar-refractivity contribution >= 4 is 39.4 Å². The minimum atomic E-state index is -10.7.